The van der Waals surface area contributed by atoms with Gasteiger partial charge in [0.25, 0.3) is 0 Å². The number of nitrogens with one attached hydrogen (secondary N) is 1. The van der Waals surface area contributed by atoms with Crippen molar-refractivity contribution >= 4 is 63.2 Å². The van der Waals surface area contributed by atoms with Crippen molar-refractivity contribution in [1.29, 1.82) is 0 Å². The van der Waals surface area contributed by atoms with Crippen LogP contribution in [0.1, 0.15) is 11.1 Å². The average molecular weight is 417 g/mol. The predicted octanol–water partition coefficient (Wildman–Crippen LogP) is 4.55. The fourth-order valence-corrected chi connectivity index (χ4v) is 3.82. The lowest BCUT2D eigenvalue weighted by Crippen LogP contribution is -2.19. The van der Waals surface area contributed by atoms with Gasteiger partial charge in [-0.05, 0) is 23.8 Å². The van der Waals surface area contributed by atoms with Crippen molar-refractivity contribution in [2.75, 3.05) is 5.75 Å². The smallest absolute Gasteiger partial charge is 0.236 e. The van der Waals surface area contributed by atoms with Crippen LogP contribution in [-0.2, 0) is 11.3 Å². The molecule has 1 amide bonds. The number of rotatable bonds is 4. The van der Waals surface area contributed by atoms with Crippen LogP contribution < -0.4 is 5.32 Å². The monoisotopic (exact) mass is 416 g/mol. The lowest BCUT2D eigenvalue weighted by molar-refractivity contribution is -0.116. The summed E-state index contributed by atoms with van der Waals surface area (Å²) in [6.45, 7) is 0.658. The van der Waals surface area contributed by atoms with E-state index in [9.17, 15) is 4.79 Å². The van der Waals surface area contributed by atoms with Crippen LogP contribution in [0.5, 0.6) is 0 Å². The van der Waals surface area contributed by atoms with Gasteiger partial charge in [0.1, 0.15) is 0 Å². The number of hydrogen-bond donors (Lipinski definition) is 1. The zero-order valence-electron chi connectivity index (χ0n) is 14.0. The van der Waals surface area contributed by atoms with Gasteiger partial charge < -0.3 is 9.88 Å². The summed E-state index contributed by atoms with van der Waals surface area (Å²) in [4.78, 5) is 11.2. The van der Waals surface area contributed by atoms with Gasteiger partial charge in [-0.2, -0.15) is 5.10 Å². The lowest BCUT2D eigenvalue weighted by Gasteiger charge is -2.06. The van der Waals surface area contributed by atoms with Gasteiger partial charge in [0.15, 0.2) is 5.17 Å². The normalized spacial score (nSPS) is 15.9. The van der Waals surface area contributed by atoms with E-state index in [1.807, 2.05) is 36.5 Å². The van der Waals surface area contributed by atoms with Gasteiger partial charge in [0.05, 0.1) is 22.0 Å². The summed E-state index contributed by atoms with van der Waals surface area (Å²) >= 11 is 13.5. The maximum absolute atomic E-state index is 11.2. The van der Waals surface area contributed by atoms with E-state index < -0.39 is 0 Å². The molecule has 1 N–H and O–H groups in total. The first-order valence-corrected chi connectivity index (χ1v) is 9.90. The summed E-state index contributed by atoms with van der Waals surface area (Å²) in [5.41, 5.74) is 3.09. The molecule has 1 fully saturated rings. The molecule has 8 heteroatoms. The minimum Gasteiger partial charge on any atom is -0.342 e. The van der Waals surface area contributed by atoms with E-state index in [0.717, 1.165) is 22.0 Å². The molecular formula is C19H14Cl2N4OS. The van der Waals surface area contributed by atoms with Gasteiger partial charge in [-0.3, -0.25) is 4.79 Å². The second-order valence-electron chi connectivity index (χ2n) is 5.96. The number of nitrogens with zero attached hydrogens (tertiary/aromatic N) is 3. The number of fused-ring (bicyclic) bond motifs is 1. The van der Waals surface area contributed by atoms with Crippen molar-refractivity contribution in [3.63, 3.8) is 0 Å². The Balaban J connectivity index is 1.64. The van der Waals surface area contributed by atoms with Crippen LogP contribution in [0.25, 0.3) is 10.9 Å². The summed E-state index contributed by atoms with van der Waals surface area (Å²) in [5.74, 6) is 0.337. The Morgan fingerprint density at radius 3 is 2.81 bits per heavy atom. The van der Waals surface area contributed by atoms with Crippen molar-refractivity contribution in [1.82, 2.24) is 9.88 Å². The molecule has 4 rings (SSSR count). The number of benzene rings is 2. The number of carbonyl (C=O) groups is 1. The number of carbonyl (C=O) groups excluding carboxylic acids is 1. The Kier molecular flexibility index (Phi) is 5.20. The van der Waals surface area contributed by atoms with Gasteiger partial charge in [-0.1, -0.05) is 59.2 Å². The van der Waals surface area contributed by atoms with Crippen LogP contribution in [0, 0.1) is 0 Å². The van der Waals surface area contributed by atoms with Crippen molar-refractivity contribution < 1.29 is 4.79 Å². The second-order valence-corrected chi connectivity index (χ2v) is 7.74. The topological polar surface area (TPSA) is 58.8 Å². The van der Waals surface area contributed by atoms with Crippen LogP contribution in [-0.4, -0.2) is 27.6 Å². The zero-order valence-corrected chi connectivity index (χ0v) is 16.4. The number of amides is 1. The molecular weight excluding hydrogens is 403 g/mol. The number of amidine groups is 1. The van der Waals surface area contributed by atoms with E-state index in [2.05, 4.69) is 26.2 Å². The van der Waals surface area contributed by atoms with Gasteiger partial charge in [-0.15, -0.1) is 5.10 Å². The molecule has 1 saturated heterocycles. The summed E-state index contributed by atoms with van der Waals surface area (Å²) in [6, 6.07) is 13.7. The highest BCUT2D eigenvalue weighted by Crippen LogP contribution is 2.25. The van der Waals surface area contributed by atoms with E-state index in [4.69, 9.17) is 23.2 Å². The fourth-order valence-electron chi connectivity index (χ4n) is 2.87. The summed E-state index contributed by atoms with van der Waals surface area (Å²) in [5, 5.41) is 13.5. The zero-order chi connectivity index (χ0) is 18.8. The lowest BCUT2D eigenvalue weighted by atomic mass is 10.2. The molecule has 1 aromatic heterocycles. The van der Waals surface area contributed by atoms with Crippen LogP contribution >= 0.6 is 35.0 Å². The largest absolute Gasteiger partial charge is 0.342 e. The standard InChI is InChI=1S/C19H14Cl2N4OS/c20-15-6-5-12(7-16(15)21)9-25-10-13(14-3-1-2-4-17(14)25)8-22-24-19-23-18(26)11-27-19/h1-8,10H,9,11H2,(H,23,24,26)/b22-8-. The molecule has 1 aliphatic heterocycles. The molecule has 0 spiro atoms. The number of thioether (sulfide) groups is 1. The Bertz CT molecular complexity index is 1090. The van der Waals surface area contributed by atoms with Gasteiger partial charge in [-0.25, -0.2) is 0 Å². The van der Waals surface area contributed by atoms with Crippen LogP contribution in [0.2, 0.25) is 10.0 Å². The molecule has 1 aliphatic rings. The first kappa shape index (κ1) is 18.1. The highest BCUT2D eigenvalue weighted by Gasteiger charge is 2.16. The first-order chi connectivity index (χ1) is 13.1. The third-order valence-corrected chi connectivity index (χ3v) is 5.69. The average Bonchev–Trinajstić information content (AvgIpc) is 3.23. The number of halogens is 2. The SMILES string of the molecule is O=C1CSC(=N/N=C\c2cn(Cc3ccc(Cl)c(Cl)c3)c3ccccc23)N1. The van der Waals surface area contributed by atoms with Crippen molar-refractivity contribution in [2.24, 2.45) is 10.2 Å². The number of hydrogen-bond acceptors (Lipinski definition) is 4. The van der Waals surface area contributed by atoms with Gasteiger partial charge in [0, 0.05) is 29.2 Å². The number of para-hydroxylation sites is 1. The highest BCUT2D eigenvalue weighted by atomic mass is 35.5. The number of aromatic nitrogens is 1. The van der Waals surface area contributed by atoms with E-state index >= 15 is 0 Å². The molecule has 0 bridgehead atoms. The molecule has 2 heterocycles. The van der Waals surface area contributed by atoms with E-state index in [1.54, 1.807) is 12.3 Å². The Morgan fingerprint density at radius 1 is 1.19 bits per heavy atom. The van der Waals surface area contributed by atoms with Crippen LogP contribution in [0.4, 0.5) is 0 Å². The molecule has 0 unspecified atom stereocenters. The minimum atomic E-state index is -0.0489. The van der Waals surface area contributed by atoms with Crippen LogP contribution in [0.3, 0.4) is 0 Å². The molecule has 27 heavy (non-hydrogen) atoms. The van der Waals surface area contributed by atoms with Crippen molar-refractivity contribution in [2.45, 2.75) is 6.54 Å². The molecule has 0 radical (unpaired) electrons. The molecule has 2 aromatic carbocycles. The minimum absolute atomic E-state index is 0.0489. The Labute approximate surface area is 170 Å². The Hall–Kier alpha value is -2.28. The van der Waals surface area contributed by atoms with Gasteiger partial charge >= 0.3 is 0 Å². The molecule has 3 aromatic rings. The summed E-state index contributed by atoms with van der Waals surface area (Å²) < 4.78 is 2.13. The maximum Gasteiger partial charge on any atom is 0.236 e. The summed E-state index contributed by atoms with van der Waals surface area (Å²) in [7, 11) is 0. The third kappa shape index (κ3) is 4.03. The first-order valence-electron chi connectivity index (χ1n) is 8.15. The molecule has 0 saturated carbocycles. The van der Waals surface area contributed by atoms with Gasteiger partial charge in [0.2, 0.25) is 5.91 Å². The predicted molar refractivity (Wildman–Crippen MR) is 113 cm³/mol. The van der Waals surface area contributed by atoms with Crippen LogP contribution in [0.15, 0.2) is 58.9 Å². The highest BCUT2D eigenvalue weighted by molar-refractivity contribution is 8.15. The molecule has 0 aliphatic carbocycles. The molecule has 136 valence electrons. The Morgan fingerprint density at radius 2 is 2.04 bits per heavy atom. The van der Waals surface area contributed by atoms with Crippen molar-refractivity contribution in [3.8, 4) is 0 Å². The molecule has 0 atom stereocenters. The quantitative estimate of drug-likeness (QED) is 0.500. The summed E-state index contributed by atoms with van der Waals surface area (Å²) in [6.07, 6.45) is 3.73. The van der Waals surface area contributed by atoms with E-state index in [0.29, 0.717) is 27.5 Å². The molecule has 5 nitrogen and oxygen atoms in total. The second kappa shape index (κ2) is 7.76. The van der Waals surface area contributed by atoms with Crippen molar-refractivity contribution in [3.05, 3.63) is 69.8 Å². The van der Waals surface area contributed by atoms with E-state index in [-0.39, 0.29) is 5.91 Å². The third-order valence-electron chi connectivity index (χ3n) is 4.09. The van der Waals surface area contributed by atoms with E-state index in [1.165, 1.54) is 11.8 Å². The fraction of sp³-hybridized carbons (Fsp3) is 0.105. The maximum atomic E-state index is 11.2.